The molecular formula is C28H34F3NO2. The maximum Gasteiger partial charge on any atom is 0.416 e. The Morgan fingerprint density at radius 3 is 2.29 bits per heavy atom. The fourth-order valence-corrected chi connectivity index (χ4v) is 4.95. The van der Waals surface area contributed by atoms with E-state index in [0.717, 1.165) is 42.5 Å². The van der Waals surface area contributed by atoms with E-state index < -0.39 is 17.7 Å². The summed E-state index contributed by atoms with van der Waals surface area (Å²) >= 11 is 0. The van der Waals surface area contributed by atoms with Gasteiger partial charge < -0.3 is 5.11 Å². The number of rotatable bonds is 9. The highest BCUT2D eigenvalue weighted by atomic mass is 19.4. The van der Waals surface area contributed by atoms with Gasteiger partial charge in [0.15, 0.2) is 0 Å². The van der Waals surface area contributed by atoms with Gasteiger partial charge >= 0.3 is 12.1 Å². The zero-order valence-electron chi connectivity index (χ0n) is 19.9. The van der Waals surface area contributed by atoms with Gasteiger partial charge in [-0.25, -0.2) is 0 Å². The van der Waals surface area contributed by atoms with Gasteiger partial charge in [0, 0.05) is 18.5 Å². The predicted octanol–water partition coefficient (Wildman–Crippen LogP) is 7.75. The first-order chi connectivity index (χ1) is 16.1. The van der Waals surface area contributed by atoms with Crippen LogP contribution >= 0.6 is 0 Å². The van der Waals surface area contributed by atoms with E-state index >= 15 is 0 Å². The zero-order valence-corrected chi connectivity index (χ0v) is 19.9. The Morgan fingerprint density at radius 2 is 1.76 bits per heavy atom. The molecule has 1 fully saturated rings. The van der Waals surface area contributed by atoms with Crippen molar-refractivity contribution in [2.75, 3.05) is 6.54 Å². The molecule has 3 unspecified atom stereocenters. The van der Waals surface area contributed by atoms with E-state index in [4.69, 9.17) is 0 Å². The topological polar surface area (TPSA) is 40.5 Å². The molecule has 1 aliphatic rings. The van der Waals surface area contributed by atoms with Crippen LogP contribution in [0.15, 0.2) is 55.1 Å². The van der Waals surface area contributed by atoms with Crippen molar-refractivity contribution in [2.45, 2.75) is 64.2 Å². The lowest BCUT2D eigenvalue weighted by molar-refractivity contribution is -0.139. The Labute approximate surface area is 200 Å². The Kier molecular flexibility index (Phi) is 8.58. The van der Waals surface area contributed by atoms with Gasteiger partial charge in [-0.2, -0.15) is 13.2 Å². The average Bonchev–Trinajstić information content (AvgIpc) is 2.79. The Bertz CT molecular complexity index is 951. The highest BCUT2D eigenvalue weighted by molar-refractivity contribution is 5.67. The highest BCUT2D eigenvalue weighted by Crippen LogP contribution is 2.43. The van der Waals surface area contributed by atoms with E-state index in [1.807, 2.05) is 12.1 Å². The highest BCUT2D eigenvalue weighted by Gasteiger charge is 2.36. The number of halogens is 3. The largest absolute Gasteiger partial charge is 0.481 e. The van der Waals surface area contributed by atoms with Gasteiger partial charge in [-0.3, -0.25) is 9.69 Å². The first kappa shape index (κ1) is 26.0. The Morgan fingerprint density at radius 1 is 1.12 bits per heavy atom. The number of hydrogen-bond donors (Lipinski definition) is 1. The first-order valence-electron chi connectivity index (χ1n) is 12.0. The van der Waals surface area contributed by atoms with Crippen LogP contribution < -0.4 is 0 Å². The molecule has 0 aromatic heterocycles. The number of alkyl halides is 3. The molecule has 34 heavy (non-hydrogen) atoms. The minimum Gasteiger partial charge on any atom is -0.481 e. The van der Waals surface area contributed by atoms with E-state index in [-0.39, 0.29) is 24.4 Å². The van der Waals surface area contributed by atoms with Crippen molar-refractivity contribution < 1.29 is 23.1 Å². The van der Waals surface area contributed by atoms with Crippen LogP contribution in [0, 0.1) is 11.8 Å². The lowest BCUT2D eigenvalue weighted by Crippen LogP contribution is -2.40. The second kappa shape index (κ2) is 11.2. The van der Waals surface area contributed by atoms with Gasteiger partial charge in [0.05, 0.1) is 5.56 Å². The summed E-state index contributed by atoms with van der Waals surface area (Å²) in [5.41, 5.74) is 2.34. The summed E-state index contributed by atoms with van der Waals surface area (Å²) in [6, 6.07) is 13.6. The maximum absolute atomic E-state index is 13.1. The van der Waals surface area contributed by atoms with Crippen LogP contribution in [0.3, 0.4) is 0 Å². The number of carboxylic acid groups (broad SMARTS) is 1. The molecular weight excluding hydrogens is 439 g/mol. The van der Waals surface area contributed by atoms with Crippen LogP contribution in [-0.2, 0) is 11.0 Å². The van der Waals surface area contributed by atoms with Crippen LogP contribution in [0.25, 0.3) is 6.08 Å². The van der Waals surface area contributed by atoms with Gasteiger partial charge in [-0.15, -0.1) is 0 Å². The molecule has 0 radical (unpaired) electrons. The molecule has 1 aliphatic heterocycles. The summed E-state index contributed by atoms with van der Waals surface area (Å²) in [5, 5.41) is 9.35. The first-order valence-corrected chi connectivity index (χ1v) is 12.0. The zero-order chi connectivity index (χ0) is 24.9. The van der Waals surface area contributed by atoms with Crippen LogP contribution in [0.5, 0.6) is 0 Å². The molecule has 0 amide bonds. The molecule has 1 saturated heterocycles. The average molecular weight is 474 g/mol. The van der Waals surface area contributed by atoms with Crippen molar-refractivity contribution in [3.05, 3.63) is 77.4 Å². The number of carboxylic acids is 1. The van der Waals surface area contributed by atoms with E-state index in [1.54, 1.807) is 18.2 Å². The number of piperidine rings is 1. The van der Waals surface area contributed by atoms with Gasteiger partial charge in [-0.1, -0.05) is 62.9 Å². The van der Waals surface area contributed by atoms with Crippen molar-refractivity contribution in [3.8, 4) is 0 Å². The number of benzene rings is 2. The second-order valence-corrected chi connectivity index (χ2v) is 9.72. The predicted molar refractivity (Wildman–Crippen MR) is 129 cm³/mol. The van der Waals surface area contributed by atoms with E-state index in [2.05, 4.69) is 37.5 Å². The number of hydrogen-bond acceptors (Lipinski definition) is 2. The van der Waals surface area contributed by atoms with E-state index in [9.17, 15) is 23.1 Å². The van der Waals surface area contributed by atoms with Crippen LogP contribution in [0.4, 0.5) is 13.2 Å². The van der Waals surface area contributed by atoms with Crippen LogP contribution in [0.1, 0.15) is 80.3 Å². The molecule has 184 valence electrons. The number of likely N-dealkylation sites (tertiary alicyclic amines) is 1. The van der Waals surface area contributed by atoms with E-state index in [0.29, 0.717) is 18.9 Å². The molecule has 3 nitrogen and oxygen atoms in total. The maximum atomic E-state index is 13.1. The number of aliphatic carboxylic acids is 1. The quantitative estimate of drug-likeness (QED) is 0.405. The van der Waals surface area contributed by atoms with Crippen molar-refractivity contribution in [2.24, 2.45) is 11.8 Å². The van der Waals surface area contributed by atoms with Crippen LogP contribution in [-0.4, -0.2) is 22.5 Å². The minimum atomic E-state index is -4.39. The molecule has 1 N–H and O–H groups in total. The number of carbonyl (C=O) groups is 1. The smallest absolute Gasteiger partial charge is 0.416 e. The Balaban J connectivity index is 1.97. The number of nitrogens with zero attached hydrogens (tertiary/aromatic N) is 1. The Hall–Kier alpha value is -2.60. The summed E-state index contributed by atoms with van der Waals surface area (Å²) in [6.45, 7) is 8.90. The SMILES string of the molecule is C=Cc1ccc(C(CCC(C)C)N2CCC(CC(=O)O)CC2c2ccc(C(F)(F)F)cc2)cc1. The standard InChI is InChI=1S/C28H34F3NO2/c1-4-20-6-8-22(9-7-20)25(14-5-19(2)3)32-16-15-21(18-27(33)34)17-26(32)23-10-12-24(13-11-23)28(29,30)31/h4,6-13,19,21,25-26H,1,5,14-18H2,2-3H3,(H,33,34). The summed E-state index contributed by atoms with van der Waals surface area (Å²) in [5.74, 6) is -0.319. The minimum absolute atomic E-state index is 0.00469. The third-order valence-corrected chi connectivity index (χ3v) is 6.81. The second-order valence-electron chi connectivity index (χ2n) is 9.72. The molecule has 0 bridgehead atoms. The fourth-order valence-electron chi connectivity index (χ4n) is 4.95. The van der Waals surface area contributed by atoms with Crippen molar-refractivity contribution >= 4 is 12.0 Å². The summed E-state index contributed by atoms with van der Waals surface area (Å²) in [7, 11) is 0. The summed E-state index contributed by atoms with van der Waals surface area (Å²) in [4.78, 5) is 13.8. The third-order valence-electron chi connectivity index (χ3n) is 6.81. The van der Waals surface area contributed by atoms with Crippen LogP contribution in [0.2, 0.25) is 0 Å². The third kappa shape index (κ3) is 6.72. The van der Waals surface area contributed by atoms with Gasteiger partial charge in [0.1, 0.15) is 0 Å². The van der Waals surface area contributed by atoms with Crippen molar-refractivity contribution in [1.82, 2.24) is 4.90 Å². The van der Waals surface area contributed by atoms with E-state index in [1.165, 1.54) is 5.56 Å². The molecule has 1 heterocycles. The molecule has 0 spiro atoms. The molecule has 6 heteroatoms. The molecule has 0 aliphatic carbocycles. The van der Waals surface area contributed by atoms with Gasteiger partial charge in [0.2, 0.25) is 0 Å². The molecule has 3 rings (SSSR count). The van der Waals surface area contributed by atoms with Crippen molar-refractivity contribution in [3.63, 3.8) is 0 Å². The molecule has 3 atom stereocenters. The normalized spacial score (nSPS) is 20.3. The monoisotopic (exact) mass is 473 g/mol. The fraction of sp³-hybridized carbons (Fsp3) is 0.464. The molecule has 0 saturated carbocycles. The summed E-state index contributed by atoms with van der Waals surface area (Å²) in [6.07, 6.45) is 0.801. The summed E-state index contributed by atoms with van der Waals surface area (Å²) < 4.78 is 39.4. The van der Waals surface area contributed by atoms with Gasteiger partial charge in [-0.05, 0) is 72.9 Å². The molecule has 2 aromatic carbocycles. The lowest BCUT2D eigenvalue weighted by Gasteiger charge is -2.44. The lowest BCUT2D eigenvalue weighted by atomic mass is 9.82. The molecule has 2 aromatic rings. The van der Waals surface area contributed by atoms with Crippen molar-refractivity contribution in [1.29, 1.82) is 0 Å². The van der Waals surface area contributed by atoms with Gasteiger partial charge in [0.25, 0.3) is 0 Å².